The summed E-state index contributed by atoms with van der Waals surface area (Å²) < 4.78 is 0. The summed E-state index contributed by atoms with van der Waals surface area (Å²) in [5, 5.41) is 0. The van der Waals surface area contributed by atoms with Crippen molar-refractivity contribution >= 4 is 5.78 Å². The molecule has 4 saturated heterocycles. The summed E-state index contributed by atoms with van der Waals surface area (Å²) in [7, 11) is 0. The van der Waals surface area contributed by atoms with Crippen LogP contribution >= 0.6 is 0 Å². The molecule has 0 radical (unpaired) electrons. The second kappa shape index (κ2) is 3.08. The Balaban J connectivity index is 1.94. The fourth-order valence-corrected chi connectivity index (χ4v) is 4.78. The number of hydrogen-bond acceptors (Lipinski definition) is 1. The molecule has 4 aliphatic rings. The van der Waals surface area contributed by atoms with Gasteiger partial charge >= 0.3 is 0 Å². The number of rotatable bonds is 2. The molecule has 0 aromatic heterocycles. The number of ketones is 1. The number of hydrogen-bond donors (Lipinski definition) is 2. The van der Waals surface area contributed by atoms with Crippen molar-refractivity contribution in [1.29, 1.82) is 0 Å². The maximum absolute atomic E-state index is 12.5. The van der Waals surface area contributed by atoms with E-state index in [0.29, 0.717) is 5.78 Å². The van der Waals surface area contributed by atoms with Crippen molar-refractivity contribution < 1.29 is 14.6 Å². The van der Waals surface area contributed by atoms with E-state index in [4.69, 9.17) is 0 Å². The lowest BCUT2D eigenvalue weighted by atomic mass is 9.62. The second-order valence-corrected chi connectivity index (χ2v) is 6.82. The van der Waals surface area contributed by atoms with E-state index in [0.717, 1.165) is 32.3 Å². The molecule has 4 bridgehead atoms. The van der Waals surface area contributed by atoms with Crippen LogP contribution in [-0.4, -0.2) is 38.1 Å². The van der Waals surface area contributed by atoms with Gasteiger partial charge in [-0.05, 0) is 20.3 Å². The van der Waals surface area contributed by atoms with Crippen molar-refractivity contribution in [2.45, 2.75) is 39.8 Å². The van der Waals surface area contributed by atoms with Gasteiger partial charge in [-0.1, -0.05) is 6.92 Å². The minimum absolute atomic E-state index is 0.0137. The average Bonchev–Trinajstić information content (AvgIpc) is 2.18. The standard InChI is InChI=1S/C13H22N2O/c1-4-5-10-14-6-12(2)7-15(10)9-13(3,8-14)11(12)16/h10H,4-9H2,1-3H3/p+2. The smallest absolute Gasteiger partial charge is 0.213 e. The molecule has 3 heteroatoms. The van der Waals surface area contributed by atoms with Gasteiger partial charge in [-0.25, -0.2) is 0 Å². The number of carbonyl (C=O) groups is 1. The predicted molar refractivity (Wildman–Crippen MR) is 61.3 cm³/mol. The lowest BCUT2D eigenvalue weighted by molar-refractivity contribution is -1.17. The number of quaternary nitrogens is 2. The largest absolute Gasteiger partial charge is 0.297 e. The minimum atomic E-state index is -0.0137. The summed E-state index contributed by atoms with van der Waals surface area (Å²) in [5.74, 6) is 0.558. The first-order chi connectivity index (χ1) is 7.48. The first kappa shape index (κ1) is 10.7. The van der Waals surface area contributed by atoms with Gasteiger partial charge in [0.2, 0.25) is 6.17 Å². The lowest BCUT2D eigenvalue weighted by Crippen LogP contribution is -3.45. The molecule has 4 rings (SSSR count). The zero-order valence-corrected chi connectivity index (χ0v) is 10.7. The first-order valence-electron chi connectivity index (χ1n) is 6.73. The van der Waals surface area contributed by atoms with Gasteiger partial charge in [-0.3, -0.25) is 14.6 Å². The van der Waals surface area contributed by atoms with Crippen LogP contribution in [0.5, 0.6) is 0 Å². The van der Waals surface area contributed by atoms with Crippen LogP contribution in [0.4, 0.5) is 0 Å². The fourth-order valence-electron chi connectivity index (χ4n) is 4.78. The normalized spacial score (nSPS) is 54.7. The number of nitrogens with one attached hydrogen (secondary N) is 2. The van der Waals surface area contributed by atoms with Crippen LogP contribution in [0, 0.1) is 10.8 Å². The molecule has 0 atom stereocenters. The van der Waals surface area contributed by atoms with Gasteiger partial charge in [0.15, 0.2) is 5.78 Å². The van der Waals surface area contributed by atoms with Gasteiger partial charge in [0, 0.05) is 0 Å². The second-order valence-electron chi connectivity index (χ2n) is 6.82. The van der Waals surface area contributed by atoms with Gasteiger partial charge in [0.25, 0.3) is 0 Å². The molecule has 0 unspecified atom stereocenters. The van der Waals surface area contributed by atoms with Crippen LogP contribution in [0.1, 0.15) is 33.6 Å². The van der Waals surface area contributed by atoms with Crippen LogP contribution in [-0.2, 0) is 4.79 Å². The van der Waals surface area contributed by atoms with Crippen molar-refractivity contribution in [2.24, 2.45) is 10.8 Å². The summed E-state index contributed by atoms with van der Waals surface area (Å²) in [6.45, 7) is 11.1. The highest BCUT2D eigenvalue weighted by molar-refractivity contribution is 5.91. The van der Waals surface area contributed by atoms with Crippen molar-refractivity contribution in [3.05, 3.63) is 0 Å². The maximum atomic E-state index is 12.5. The highest BCUT2D eigenvalue weighted by atomic mass is 16.1. The molecule has 90 valence electrons. The van der Waals surface area contributed by atoms with E-state index in [1.54, 1.807) is 9.80 Å². The molecule has 0 saturated carbocycles. The van der Waals surface area contributed by atoms with Gasteiger partial charge in [0.1, 0.15) is 10.8 Å². The Hall–Kier alpha value is -0.410. The lowest BCUT2D eigenvalue weighted by Gasteiger charge is -2.59. The maximum Gasteiger partial charge on any atom is 0.213 e. The van der Waals surface area contributed by atoms with Crippen LogP contribution in [0.3, 0.4) is 0 Å². The molecule has 16 heavy (non-hydrogen) atoms. The van der Waals surface area contributed by atoms with Crippen molar-refractivity contribution in [3.8, 4) is 0 Å². The van der Waals surface area contributed by atoms with E-state index in [-0.39, 0.29) is 10.8 Å². The molecule has 3 nitrogen and oxygen atoms in total. The van der Waals surface area contributed by atoms with Gasteiger partial charge < -0.3 is 0 Å². The zero-order chi connectivity index (χ0) is 11.6. The molecule has 0 spiro atoms. The van der Waals surface area contributed by atoms with Crippen LogP contribution < -0.4 is 9.80 Å². The van der Waals surface area contributed by atoms with E-state index < -0.39 is 0 Å². The number of piperidine rings is 2. The number of Topliss-reactive ketones (excluding diaryl/α,β-unsaturated/α-hetero) is 1. The highest BCUT2D eigenvalue weighted by Crippen LogP contribution is 2.34. The SMILES string of the molecule is CCCC1[NH+]2CC3(C)C[NH+]1CC(C)(C2)C3=O. The minimum Gasteiger partial charge on any atom is -0.297 e. The van der Waals surface area contributed by atoms with E-state index in [1.165, 1.54) is 12.8 Å². The topological polar surface area (TPSA) is 26.0 Å². The monoisotopic (exact) mass is 224 g/mol. The first-order valence-corrected chi connectivity index (χ1v) is 6.73. The summed E-state index contributed by atoms with van der Waals surface area (Å²) in [6, 6.07) is 0. The van der Waals surface area contributed by atoms with Crippen LogP contribution in [0.25, 0.3) is 0 Å². The van der Waals surface area contributed by atoms with Gasteiger partial charge in [-0.15, -0.1) is 0 Å². The van der Waals surface area contributed by atoms with E-state index in [2.05, 4.69) is 20.8 Å². The predicted octanol–water partition coefficient (Wildman–Crippen LogP) is -1.50. The third kappa shape index (κ3) is 1.19. The van der Waals surface area contributed by atoms with E-state index >= 15 is 0 Å². The van der Waals surface area contributed by atoms with Crippen LogP contribution in [0.2, 0.25) is 0 Å². The molecule has 0 aliphatic carbocycles. The average molecular weight is 224 g/mol. The highest BCUT2D eigenvalue weighted by Gasteiger charge is 2.67. The Labute approximate surface area is 97.8 Å². The molecule has 0 amide bonds. The Morgan fingerprint density at radius 2 is 1.56 bits per heavy atom. The molecule has 4 fully saturated rings. The zero-order valence-electron chi connectivity index (χ0n) is 10.7. The molecule has 4 heterocycles. The molecular weight excluding hydrogens is 200 g/mol. The van der Waals surface area contributed by atoms with Crippen molar-refractivity contribution in [3.63, 3.8) is 0 Å². The molecule has 0 aromatic carbocycles. The molecule has 4 aliphatic heterocycles. The van der Waals surface area contributed by atoms with Crippen molar-refractivity contribution in [2.75, 3.05) is 26.2 Å². The van der Waals surface area contributed by atoms with Crippen LogP contribution in [0.15, 0.2) is 0 Å². The third-order valence-corrected chi connectivity index (χ3v) is 5.13. The fraction of sp³-hybridized carbons (Fsp3) is 0.923. The van der Waals surface area contributed by atoms with Gasteiger partial charge in [-0.2, -0.15) is 0 Å². The summed E-state index contributed by atoms with van der Waals surface area (Å²) in [4.78, 5) is 15.9. The van der Waals surface area contributed by atoms with E-state index in [1.807, 2.05) is 0 Å². The van der Waals surface area contributed by atoms with E-state index in [9.17, 15) is 4.79 Å². The summed E-state index contributed by atoms with van der Waals surface area (Å²) in [6.07, 6.45) is 3.38. The Morgan fingerprint density at radius 1 is 1.12 bits per heavy atom. The summed E-state index contributed by atoms with van der Waals surface area (Å²) >= 11 is 0. The Kier molecular flexibility index (Phi) is 2.06. The summed E-state index contributed by atoms with van der Waals surface area (Å²) in [5.41, 5.74) is -0.0275. The van der Waals surface area contributed by atoms with Gasteiger partial charge in [0.05, 0.1) is 32.6 Å². The third-order valence-electron chi connectivity index (χ3n) is 5.13. The van der Waals surface area contributed by atoms with Crippen molar-refractivity contribution in [1.82, 2.24) is 0 Å². The number of carbonyl (C=O) groups excluding carboxylic acids is 1. The Bertz CT molecular complexity index is 299. The molecule has 2 N–H and O–H groups in total. The molecule has 0 aromatic rings. The molecular formula is C13H24N2O+2. The quantitative estimate of drug-likeness (QED) is 0.587. The Morgan fingerprint density at radius 3 is 1.94 bits per heavy atom.